The summed E-state index contributed by atoms with van der Waals surface area (Å²) in [5, 5.41) is 0. The quantitative estimate of drug-likeness (QED) is 0.102. The molecule has 2 aliphatic rings. The minimum atomic E-state index is -0.122. The van der Waals surface area contributed by atoms with E-state index in [1.807, 2.05) is 105 Å². The molecule has 4 heteroatoms. The second-order valence-corrected chi connectivity index (χ2v) is 17.8. The number of anilines is 4. The Morgan fingerprint density at radius 3 is 1.50 bits per heavy atom. The van der Waals surface area contributed by atoms with Gasteiger partial charge in [0.25, 0.3) is 0 Å². The summed E-state index contributed by atoms with van der Waals surface area (Å²) in [5.74, 6) is -0.241. The molecule has 0 unspecified atom stereocenters. The molecule has 9 rings (SSSR count). The Bertz CT molecular complexity index is 3200. The predicted molar refractivity (Wildman–Crippen MR) is 285 cm³/mol. The highest BCUT2D eigenvalue weighted by molar-refractivity contribution is 6.18. The maximum absolute atomic E-state index is 15.0. The van der Waals surface area contributed by atoms with Gasteiger partial charge in [0.2, 0.25) is 0 Å². The van der Waals surface area contributed by atoms with E-state index >= 15 is 9.59 Å². The minimum Gasteiger partial charge on any atom is -0.310 e. The van der Waals surface area contributed by atoms with E-state index in [4.69, 9.17) is 0 Å². The Kier molecular flexibility index (Phi) is 13.1. The number of carbonyl (C=O) groups is 2. The van der Waals surface area contributed by atoms with Crippen LogP contribution in [0.2, 0.25) is 0 Å². The third kappa shape index (κ3) is 9.06. The van der Waals surface area contributed by atoms with Crippen LogP contribution in [-0.4, -0.2) is 11.6 Å². The van der Waals surface area contributed by atoms with Gasteiger partial charge in [-0.1, -0.05) is 158 Å². The van der Waals surface area contributed by atoms with Crippen molar-refractivity contribution in [2.45, 2.75) is 53.4 Å². The number of rotatable bonds is 14. The molecule has 68 heavy (non-hydrogen) atoms. The molecule has 0 amide bonds. The molecule has 0 aliphatic heterocycles. The molecule has 0 radical (unpaired) electrons. The van der Waals surface area contributed by atoms with Crippen LogP contribution in [0.4, 0.5) is 22.7 Å². The van der Waals surface area contributed by atoms with Crippen molar-refractivity contribution in [1.82, 2.24) is 0 Å². The largest absolute Gasteiger partial charge is 0.310 e. The van der Waals surface area contributed by atoms with Crippen LogP contribution in [0.25, 0.3) is 28.3 Å². The van der Waals surface area contributed by atoms with Gasteiger partial charge >= 0.3 is 0 Å². The lowest BCUT2D eigenvalue weighted by Crippen LogP contribution is -2.24. The topological polar surface area (TPSA) is 40.6 Å². The van der Waals surface area contributed by atoms with Crippen molar-refractivity contribution in [2.75, 3.05) is 9.80 Å². The van der Waals surface area contributed by atoms with Crippen LogP contribution in [0, 0.1) is 20.8 Å². The van der Waals surface area contributed by atoms with Crippen LogP contribution in [0.3, 0.4) is 0 Å². The van der Waals surface area contributed by atoms with Gasteiger partial charge in [0.05, 0.1) is 5.69 Å². The molecular weight excluding hydrogens is 829 g/mol. The first-order chi connectivity index (χ1) is 33.1. The van der Waals surface area contributed by atoms with Crippen LogP contribution >= 0.6 is 0 Å². The number of para-hydroxylation sites is 2. The summed E-state index contributed by atoms with van der Waals surface area (Å²) in [4.78, 5) is 34.6. The Balaban J connectivity index is 1.23. The van der Waals surface area contributed by atoms with E-state index in [-0.39, 0.29) is 11.6 Å². The molecule has 7 aromatic carbocycles. The Morgan fingerprint density at radius 1 is 0.500 bits per heavy atom. The number of carbonyl (C=O) groups excluding carboxylic acids is 2. The van der Waals surface area contributed by atoms with Crippen molar-refractivity contribution >= 4 is 40.4 Å². The number of hydrogen-bond donors (Lipinski definition) is 0. The number of nitrogens with zero attached hydrogens (tertiary/aromatic N) is 2. The van der Waals surface area contributed by atoms with Crippen LogP contribution in [0.1, 0.15) is 86.7 Å². The van der Waals surface area contributed by atoms with Crippen molar-refractivity contribution in [3.05, 3.63) is 268 Å². The molecule has 0 N–H and O–H groups in total. The predicted octanol–water partition coefficient (Wildman–Crippen LogP) is 16.7. The normalized spacial score (nSPS) is 13.4. The third-order valence-electron chi connectivity index (χ3n) is 13.2. The summed E-state index contributed by atoms with van der Waals surface area (Å²) in [6.07, 6.45) is 16.7. The molecule has 0 spiro atoms. The van der Waals surface area contributed by atoms with E-state index in [0.717, 1.165) is 93.2 Å². The zero-order chi connectivity index (χ0) is 47.3. The summed E-state index contributed by atoms with van der Waals surface area (Å²) in [6.45, 7) is 16.7. The van der Waals surface area contributed by atoms with Gasteiger partial charge in [-0.05, 0) is 159 Å². The Hall–Kier alpha value is -8.08. The average Bonchev–Trinajstić information content (AvgIpc) is 3.38. The fraction of sp³-hybridized carbons (Fsp3) is 0.125. The average molecular weight is 885 g/mol. The highest BCUT2D eigenvalue weighted by Gasteiger charge is 2.26. The molecular formula is C64H56N2O2. The maximum Gasteiger partial charge on any atom is 0.193 e. The molecule has 0 heterocycles. The van der Waals surface area contributed by atoms with E-state index in [1.54, 1.807) is 0 Å². The summed E-state index contributed by atoms with van der Waals surface area (Å²) in [7, 11) is 0. The maximum atomic E-state index is 15.0. The first-order valence-corrected chi connectivity index (χ1v) is 23.5. The second-order valence-electron chi connectivity index (χ2n) is 17.8. The van der Waals surface area contributed by atoms with Gasteiger partial charge in [-0.15, -0.1) is 0 Å². The molecule has 4 nitrogen and oxygen atoms in total. The van der Waals surface area contributed by atoms with Crippen LogP contribution in [0.15, 0.2) is 224 Å². The lowest BCUT2D eigenvalue weighted by atomic mass is 9.85. The highest BCUT2D eigenvalue weighted by atomic mass is 16.1. The standard InChI is InChI=1S/C64H56N2O2/c1-7-47-19-11-15-23-61(47)65(59-21-13-9-17-45(59)5)53-37-33-49(34-38-53)55-41-58(64(68)52-31-27-44(4)28-32-52)56(42-57(55)63(67)51-29-25-43(3)26-30-51)50-35-39-54(40-36-50)66(60-22-14-10-18-46(60)6)62-24-16-12-20-48(62)8-2/h7-9,11,13-17,19,21-42H,1-2,10,12,18,20H2,3-6H3. The highest BCUT2D eigenvalue weighted by Crippen LogP contribution is 2.42. The molecule has 0 bridgehead atoms. The number of aryl methyl sites for hydroxylation is 3. The molecule has 0 atom stereocenters. The summed E-state index contributed by atoms with van der Waals surface area (Å²) in [5.41, 5.74) is 18.3. The minimum absolute atomic E-state index is 0.120. The Labute approximate surface area is 401 Å². The van der Waals surface area contributed by atoms with Gasteiger partial charge < -0.3 is 9.80 Å². The zero-order valence-electron chi connectivity index (χ0n) is 39.4. The Morgan fingerprint density at radius 2 is 0.985 bits per heavy atom. The summed E-state index contributed by atoms with van der Waals surface area (Å²) in [6, 6.07) is 52.6. The molecule has 0 aromatic heterocycles. The summed E-state index contributed by atoms with van der Waals surface area (Å²) < 4.78 is 0. The lowest BCUT2D eigenvalue weighted by molar-refractivity contribution is 0.102. The van der Waals surface area contributed by atoms with Gasteiger partial charge in [-0.3, -0.25) is 9.59 Å². The van der Waals surface area contributed by atoms with E-state index in [0.29, 0.717) is 33.4 Å². The van der Waals surface area contributed by atoms with Gasteiger partial charge in [0.1, 0.15) is 0 Å². The van der Waals surface area contributed by atoms with Crippen LogP contribution < -0.4 is 9.80 Å². The molecule has 0 saturated heterocycles. The number of benzene rings is 7. The molecule has 7 aromatic rings. The first kappa shape index (κ1) is 45.1. The van der Waals surface area contributed by atoms with Crippen LogP contribution in [0.5, 0.6) is 0 Å². The van der Waals surface area contributed by atoms with Gasteiger partial charge in [-0.25, -0.2) is 0 Å². The van der Waals surface area contributed by atoms with E-state index in [1.165, 1.54) is 11.1 Å². The SMILES string of the molecule is C=CC1=C(N(C2=C(C)CCC=C2)c2ccc(-c3cc(C(=O)c4ccc(C)cc4)c(-c4ccc(N(c5ccccc5C)c5ccccc5C=C)cc4)cc3C(=O)c3ccc(C)cc3)cc2)C=CCC1. The number of hydrogen-bond acceptors (Lipinski definition) is 4. The first-order valence-electron chi connectivity index (χ1n) is 23.5. The smallest absolute Gasteiger partial charge is 0.193 e. The molecule has 0 fully saturated rings. The van der Waals surface area contributed by atoms with Gasteiger partial charge in [-0.2, -0.15) is 0 Å². The number of allylic oxidation sites excluding steroid dienone is 7. The van der Waals surface area contributed by atoms with Crippen molar-refractivity contribution < 1.29 is 9.59 Å². The van der Waals surface area contributed by atoms with Crippen molar-refractivity contribution in [2.24, 2.45) is 0 Å². The molecule has 0 saturated carbocycles. The molecule has 2 aliphatic carbocycles. The lowest BCUT2D eigenvalue weighted by Gasteiger charge is -2.33. The number of ketones is 2. The van der Waals surface area contributed by atoms with Crippen LogP contribution in [-0.2, 0) is 0 Å². The molecule has 334 valence electrons. The summed E-state index contributed by atoms with van der Waals surface area (Å²) >= 11 is 0. The fourth-order valence-corrected chi connectivity index (χ4v) is 9.37. The zero-order valence-corrected chi connectivity index (χ0v) is 39.4. The fourth-order valence-electron chi connectivity index (χ4n) is 9.37. The third-order valence-corrected chi connectivity index (χ3v) is 13.2. The second kappa shape index (κ2) is 19.8. The monoisotopic (exact) mass is 884 g/mol. The van der Waals surface area contributed by atoms with E-state index in [2.05, 4.69) is 140 Å². The van der Waals surface area contributed by atoms with Crippen molar-refractivity contribution in [3.8, 4) is 22.3 Å². The van der Waals surface area contributed by atoms with Crippen molar-refractivity contribution in [3.63, 3.8) is 0 Å². The van der Waals surface area contributed by atoms with E-state index in [9.17, 15) is 0 Å². The van der Waals surface area contributed by atoms with Gasteiger partial charge in [0.15, 0.2) is 11.6 Å². The van der Waals surface area contributed by atoms with Gasteiger partial charge in [0, 0.05) is 50.7 Å². The van der Waals surface area contributed by atoms with E-state index < -0.39 is 0 Å². The van der Waals surface area contributed by atoms with Crippen molar-refractivity contribution in [1.29, 1.82) is 0 Å².